The minimum absolute atomic E-state index is 0.0321. The van der Waals surface area contributed by atoms with Crippen LogP contribution in [0.25, 0.3) is 0 Å². The Morgan fingerprint density at radius 2 is 2.09 bits per heavy atom. The third-order valence-corrected chi connectivity index (χ3v) is 9.42. The Hall–Kier alpha value is -2.97. The number of ether oxygens (including phenoxy) is 1. The van der Waals surface area contributed by atoms with Gasteiger partial charge in [0, 0.05) is 35.6 Å². The van der Waals surface area contributed by atoms with Gasteiger partial charge in [-0.2, -0.15) is 0 Å². The summed E-state index contributed by atoms with van der Waals surface area (Å²) < 4.78 is 6.66. The van der Waals surface area contributed by atoms with Gasteiger partial charge >= 0.3 is 0 Å². The summed E-state index contributed by atoms with van der Waals surface area (Å²) in [6.07, 6.45) is 3.65. The zero-order chi connectivity index (χ0) is 23.8. The van der Waals surface area contributed by atoms with E-state index in [0.717, 1.165) is 43.4 Å². The Labute approximate surface area is 201 Å². The van der Waals surface area contributed by atoms with Crippen molar-refractivity contribution in [2.24, 2.45) is 5.41 Å². The average Bonchev–Trinajstić information content (AvgIpc) is 3.17. The molecule has 2 fully saturated rings. The molecule has 2 aromatic rings. The maximum absolute atomic E-state index is 13.2. The monoisotopic (exact) mass is 456 g/mol. The van der Waals surface area contributed by atoms with Gasteiger partial charge in [-0.25, -0.2) is 0 Å². The van der Waals surface area contributed by atoms with E-state index in [1.54, 1.807) is 11.0 Å². The van der Waals surface area contributed by atoms with Crippen LogP contribution in [0.3, 0.4) is 0 Å². The number of phenols is 1. The maximum atomic E-state index is 13.2. The molecule has 2 aliphatic heterocycles. The zero-order valence-corrected chi connectivity index (χ0v) is 20.4. The number of benzene rings is 2. The van der Waals surface area contributed by atoms with E-state index in [-0.39, 0.29) is 34.6 Å². The Bertz CT molecular complexity index is 1260. The van der Waals surface area contributed by atoms with Crippen LogP contribution in [0.4, 0.5) is 0 Å². The van der Waals surface area contributed by atoms with E-state index in [9.17, 15) is 9.90 Å². The van der Waals surface area contributed by atoms with Gasteiger partial charge in [0.2, 0.25) is 0 Å². The molecule has 0 unspecified atom stereocenters. The highest BCUT2D eigenvalue weighted by Crippen LogP contribution is 2.69. The third kappa shape index (κ3) is 2.69. The van der Waals surface area contributed by atoms with E-state index in [1.165, 1.54) is 11.1 Å². The number of nitrogens with zero attached hydrogens (tertiary/aromatic N) is 2. The van der Waals surface area contributed by atoms with Gasteiger partial charge in [0.25, 0.3) is 5.91 Å². The largest absolute Gasteiger partial charge is 0.504 e. The quantitative estimate of drug-likeness (QED) is 0.666. The summed E-state index contributed by atoms with van der Waals surface area (Å²) in [5.74, 6) is 6.59. The molecule has 5 atom stereocenters. The van der Waals surface area contributed by atoms with Gasteiger partial charge in [-0.1, -0.05) is 31.0 Å². The highest BCUT2D eigenvalue weighted by atomic mass is 16.5. The van der Waals surface area contributed by atoms with Crippen molar-refractivity contribution in [2.45, 2.75) is 63.1 Å². The van der Waals surface area contributed by atoms with Crippen molar-refractivity contribution in [3.63, 3.8) is 0 Å². The second-order valence-corrected chi connectivity index (χ2v) is 11.0. The number of aryl methyl sites for hydroxylation is 1. The Morgan fingerprint density at radius 1 is 1.26 bits per heavy atom. The molecule has 0 aromatic heterocycles. The third-order valence-electron chi connectivity index (χ3n) is 9.42. The summed E-state index contributed by atoms with van der Waals surface area (Å²) in [7, 11) is 4.10. The summed E-state index contributed by atoms with van der Waals surface area (Å²) >= 11 is 0. The zero-order valence-electron chi connectivity index (χ0n) is 20.4. The van der Waals surface area contributed by atoms with E-state index in [1.807, 2.05) is 38.2 Å². The van der Waals surface area contributed by atoms with E-state index in [0.29, 0.717) is 11.8 Å². The van der Waals surface area contributed by atoms with Crippen molar-refractivity contribution in [3.8, 4) is 23.3 Å². The number of carbonyl (C=O) groups excluding carboxylic acids is 1. The van der Waals surface area contributed by atoms with Crippen molar-refractivity contribution < 1.29 is 14.6 Å². The van der Waals surface area contributed by atoms with Crippen LogP contribution >= 0.6 is 0 Å². The average molecular weight is 457 g/mol. The number of likely N-dealkylation sites (N-methyl/N-ethyl adjacent to an activating group) is 2. The Balaban J connectivity index is 1.40. The normalized spacial score (nSPS) is 32.8. The predicted octanol–water partition coefficient (Wildman–Crippen LogP) is 3.64. The first kappa shape index (κ1) is 21.6. The molecule has 2 aromatic carbocycles. The maximum Gasteiger partial charge on any atom is 0.298 e. The molecule has 1 saturated heterocycles. The van der Waals surface area contributed by atoms with Crippen LogP contribution < -0.4 is 4.74 Å². The molecule has 2 bridgehead atoms. The molecule has 1 N–H and O–H groups in total. The number of phenolic OH excluding ortho intramolecular Hbond substituents is 1. The lowest BCUT2D eigenvalue weighted by Crippen LogP contribution is -2.73. The van der Waals surface area contributed by atoms with E-state index >= 15 is 0 Å². The lowest BCUT2D eigenvalue weighted by molar-refractivity contribution is -0.147. The van der Waals surface area contributed by atoms with Crippen LogP contribution in [0.2, 0.25) is 0 Å². The molecule has 5 nitrogen and oxygen atoms in total. The van der Waals surface area contributed by atoms with E-state index in [4.69, 9.17) is 4.74 Å². The number of hydrogen-bond donors (Lipinski definition) is 1. The van der Waals surface area contributed by atoms with Gasteiger partial charge in [0.1, 0.15) is 6.10 Å². The van der Waals surface area contributed by atoms with Gasteiger partial charge in [0.05, 0.1) is 6.04 Å². The van der Waals surface area contributed by atoms with Crippen LogP contribution in [0, 0.1) is 24.2 Å². The molecule has 2 heterocycles. The van der Waals surface area contributed by atoms with Gasteiger partial charge in [0.15, 0.2) is 11.5 Å². The summed E-state index contributed by atoms with van der Waals surface area (Å²) in [6, 6.07) is 12.1. The highest BCUT2D eigenvalue weighted by Gasteiger charge is 2.71. The molecule has 176 valence electrons. The molecule has 6 rings (SSSR count). The summed E-state index contributed by atoms with van der Waals surface area (Å²) in [5, 5.41) is 10.8. The number of likely N-dealkylation sites (tertiary alicyclic amines) is 1. The number of amides is 1. The minimum atomic E-state index is -0.201. The number of carbonyl (C=O) groups is 1. The molecule has 5 heteroatoms. The number of hydrogen-bond acceptors (Lipinski definition) is 4. The second-order valence-electron chi connectivity index (χ2n) is 11.0. The van der Waals surface area contributed by atoms with Crippen LogP contribution in [-0.2, 0) is 16.6 Å². The lowest BCUT2D eigenvalue weighted by Gasteiger charge is -2.65. The van der Waals surface area contributed by atoms with E-state index < -0.39 is 0 Å². The standard InChI is InChI=1S/C29H32N2O3/c1-18-6-5-7-19(16-18)8-11-24(33)31(4)21-12-13-28(2)23-17-20-9-10-22(32)26-25(20)29(28,27(21)34-26)14-15-30(23)3/h5-7,9-10,16,21,23,27,32H,12-15,17H2,1-4H3/t21-,23-,27+,28+,29+/m1/s1. The fourth-order valence-electron chi connectivity index (χ4n) is 7.69. The molecular weight excluding hydrogens is 424 g/mol. The van der Waals surface area contributed by atoms with Crippen molar-refractivity contribution in [1.29, 1.82) is 0 Å². The van der Waals surface area contributed by atoms with Crippen LogP contribution in [0.5, 0.6) is 11.5 Å². The summed E-state index contributed by atoms with van der Waals surface area (Å²) in [6.45, 7) is 5.43. The van der Waals surface area contributed by atoms with Crippen molar-refractivity contribution >= 4 is 5.91 Å². The molecule has 1 amide bonds. The summed E-state index contributed by atoms with van der Waals surface area (Å²) in [4.78, 5) is 17.5. The topological polar surface area (TPSA) is 53.0 Å². The van der Waals surface area contributed by atoms with Gasteiger partial charge < -0.3 is 19.6 Å². The number of aromatic hydroxyl groups is 1. The van der Waals surface area contributed by atoms with Crippen LogP contribution in [0.15, 0.2) is 36.4 Å². The van der Waals surface area contributed by atoms with Gasteiger partial charge in [-0.15, -0.1) is 0 Å². The molecule has 2 aliphatic carbocycles. The van der Waals surface area contributed by atoms with Crippen molar-refractivity contribution in [3.05, 3.63) is 58.7 Å². The Kier molecular flexibility index (Phi) is 4.60. The van der Waals surface area contributed by atoms with Crippen LogP contribution in [-0.4, -0.2) is 59.6 Å². The number of rotatable bonds is 1. The predicted molar refractivity (Wildman–Crippen MR) is 131 cm³/mol. The van der Waals surface area contributed by atoms with Gasteiger partial charge in [-0.3, -0.25) is 4.79 Å². The molecule has 34 heavy (non-hydrogen) atoms. The van der Waals surface area contributed by atoms with E-state index in [2.05, 4.69) is 36.8 Å². The lowest BCUT2D eigenvalue weighted by atomic mass is 9.43. The summed E-state index contributed by atoms with van der Waals surface area (Å²) in [5.41, 5.74) is 4.30. The minimum Gasteiger partial charge on any atom is -0.504 e. The Morgan fingerprint density at radius 3 is 2.88 bits per heavy atom. The number of piperidine rings is 1. The molecule has 1 saturated carbocycles. The molecule has 1 spiro atoms. The fraction of sp³-hybridized carbons (Fsp3) is 0.483. The first-order chi connectivity index (χ1) is 16.3. The fourth-order valence-corrected chi connectivity index (χ4v) is 7.69. The highest BCUT2D eigenvalue weighted by molar-refractivity contribution is 5.94. The molecule has 0 radical (unpaired) electrons. The SMILES string of the molecule is Cc1cccc(C#CC(=O)N(C)[C@@H]2CC[C@@]3(C)[C@H]4Cc5ccc(O)c6c5[C@@]3(CCN4C)[C@H]2O6)c1. The first-order valence-electron chi connectivity index (χ1n) is 12.3. The van der Waals surface area contributed by atoms with Crippen molar-refractivity contribution in [2.75, 3.05) is 20.6 Å². The first-order valence-corrected chi connectivity index (χ1v) is 12.3. The smallest absolute Gasteiger partial charge is 0.298 e. The van der Waals surface area contributed by atoms with Gasteiger partial charge in [-0.05, 0) is 80.9 Å². The molecular formula is C29H32N2O3. The van der Waals surface area contributed by atoms with Crippen molar-refractivity contribution in [1.82, 2.24) is 9.80 Å². The molecule has 4 aliphatic rings. The second kappa shape index (κ2) is 7.26. The van der Waals surface area contributed by atoms with Crippen LogP contribution in [0.1, 0.15) is 48.4 Å².